The third kappa shape index (κ3) is 5.68. The third-order valence-corrected chi connectivity index (χ3v) is 8.93. The summed E-state index contributed by atoms with van der Waals surface area (Å²) in [7, 11) is 1.57. The first kappa shape index (κ1) is 28.3. The van der Waals surface area contributed by atoms with Gasteiger partial charge in [-0.15, -0.1) is 10.2 Å². The first-order chi connectivity index (χ1) is 19.6. The van der Waals surface area contributed by atoms with Gasteiger partial charge in [0.1, 0.15) is 17.4 Å². The highest BCUT2D eigenvalue weighted by atomic mass is 32.2. The molecule has 2 aliphatic rings. The number of para-hydroxylation sites is 1. The van der Waals surface area contributed by atoms with E-state index in [9.17, 15) is 19.2 Å². The molecule has 0 fully saturated rings. The third-order valence-electron chi connectivity index (χ3n) is 6.89. The molecule has 0 saturated carbocycles. The maximum Gasteiger partial charge on any atom is 0.234 e. The molecular formula is C29H27FN6O3S2. The quantitative estimate of drug-likeness (QED) is 0.349. The number of nitrogens with one attached hydrogen (secondary N) is 1. The molecule has 1 aliphatic carbocycles. The first-order valence-corrected chi connectivity index (χ1v) is 14.5. The number of halogens is 1. The van der Waals surface area contributed by atoms with Crippen LogP contribution in [0.25, 0.3) is 0 Å². The molecule has 3 N–H and O–H groups in total. The Bertz CT molecular complexity index is 1620. The van der Waals surface area contributed by atoms with Crippen LogP contribution in [-0.4, -0.2) is 34.8 Å². The van der Waals surface area contributed by atoms with Crippen molar-refractivity contribution >= 4 is 45.6 Å². The van der Waals surface area contributed by atoms with Crippen LogP contribution in [0.5, 0.6) is 5.75 Å². The lowest BCUT2D eigenvalue weighted by Crippen LogP contribution is -2.42. The van der Waals surface area contributed by atoms with Crippen molar-refractivity contribution in [2.24, 2.45) is 11.1 Å². The predicted molar refractivity (Wildman–Crippen MR) is 156 cm³/mol. The van der Waals surface area contributed by atoms with Gasteiger partial charge in [-0.3, -0.25) is 14.5 Å². The lowest BCUT2D eigenvalue weighted by atomic mass is 9.68. The molecule has 2 aromatic carbocycles. The van der Waals surface area contributed by atoms with Crippen LogP contribution >= 0.6 is 23.1 Å². The highest BCUT2D eigenvalue weighted by Crippen LogP contribution is 2.50. The predicted octanol–water partition coefficient (Wildman–Crippen LogP) is 5.36. The van der Waals surface area contributed by atoms with Crippen LogP contribution in [0.4, 0.5) is 15.2 Å². The van der Waals surface area contributed by atoms with E-state index in [2.05, 4.69) is 21.6 Å². The largest absolute Gasteiger partial charge is 0.497 e. The zero-order valence-corrected chi connectivity index (χ0v) is 24.2. The minimum atomic E-state index is -0.621. The fraction of sp³-hybridized carbons (Fsp3) is 0.276. The van der Waals surface area contributed by atoms with Gasteiger partial charge in [-0.25, -0.2) is 4.39 Å². The van der Waals surface area contributed by atoms with Crippen LogP contribution in [0, 0.1) is 22.6 Å². The summed E-state index contributed by atoms with van der Waals surface area (Å²) in [4.78, 5) is 27.7. The molecule has 3 aromatic rings. The highest BCUT2D eigenvalue weighted by molar-refractivity contribution is 8.01. The van der Waals surface area contributed by atoms with E-state index < -0.39 is 17.6 Å². The zero-order valence-electron chi connectivity index (χ0n) is 22.6. The number of hydrogen-bond donors (Lipinski definition) is 2. The smallest absolute Gasteiger partial charge is 0.234 e. The molecule has 2 heterocycles. The van der Waals surface area contributed by atoms with Gasteiger partial charge in [0.05, 0.1) is 36.1 Å². The van der Waals surface area contributed by atoms with E-state index in [1.807, 2.05) is 26.0 Å². The van der Waals surface area contributed by atoms with E-state index in [1.165, 1.54) is 23.5 Å². The Kier molecular flexibility index (Phi) is 7.84. The van der Waals surface area contributed by atoms with Gasteiger partial charge >= 0.3 is 0 Å². The first-order valence-electron chi connectivity index (χ1n) is 12.7. The standard InChI is InChI=1S/C29H27FN6O3S2/c1-29(2)12-21-25(22(37)13-29)24(16-8-10-17(39-3)11-9-16)18(14-31)26(32)36(21)27-34-35-28(41-27)40-15-23(38)33-20-7-5-4-6-19(20)30/h4-11,24H,12-13,15,32H2,1-3H3,(H,33,38). The van der Waals surface area contributed by atoms with Gasteiger partial charge in [0, 0.05) is 17.7 Å². The number of nitriles is 1. The average Bonchev–Trinajstić information content (AvgIpc) is 3.40. The number of ether oxygens (including phenoxy) is 1. The van der Waals surface area contributed by atoms with Gasteiger partial charge < -0.3 is 15.8 Å². The summed E-state index contributed by atoms with van der Waals surface area (Å²) < 4.78 is 19.7. The molecule has 0 saturated heterocycles. The summed E-state index contributed by atoms with van der Waals surface area (Å²) in [6.07, 6.45) is 0.868. The number of hydrogen-bond acceptors (Lipinski definition) is 10. The maximum absolute atomic E-state index is 13.9. The molecule has 210 valence electrons. The molecule has 9 nitrogen and oxygen atoms in total. The summed E-state index contributed by atoms with van der Waals surface area (Å²) in [6, 6.07) is 15.4. The Hall–Kier alpha value is -4.21. The molecule has 5 rings (SSSR count). The molecule has 1 amide bonds. The Morgan fingerprint density at radius 1 is 1.24 bits per heavy atom. The zero-order chi connectivity index (χ0) is 29.3. The van der Waals surface area contributed by atoms with Crippen molar-refractivity contribution in [2.45, 2.75) is 36.9 Å². The molecular weight excluding hydrogens is 563 g/mol. The SMILES string of the molecule is COc1ccc(C2C(C#N)=C(N)N(c3nnc(SCC(=O)Nc4ccccc4F)s3)C3=C2C(=O)CC(C)(C)C3)cc1. The van der Waals surface area contributed by atoms with Crippen LogP contribution in [-0.2, 0) is 9.59 Å². The number of nitrogens with zero attached hydrogens (tertiary/aromatic N) is 4. The van der Waals surface area contributed by atoms with E-state index in [4.69, 9.17) is 10.5 Å². The molecule has 12 heteroatoms. The number of thioether (sulfide) groups is 1. The van der Waals surface area contributed by atoms with Crippen molar-refractivity contribution in [1.29, 1.82) is 5.26 Å². The van der Waals surface area contributed by atoms with E-state index >= 15 is 0 Å². The summed E-state index contributed by atoms with van der Waals surface area (Å²) in [5, 5.41) is 21.7. The molecule has 41 heavy (non-hydrogen) atoms. The van der Waals surface area contributed by atoms with Crippen molar-refractivity contribution < 1.29 is 18.7 Å². The summed E-state index contributed by atoms with van der Waals surface area (Å²) in [5.74, 6) is -0.761. The van der Waals surface area contributed by atoms with Crippen molar-refractivity contribution in [1.82, 2.24) is 10.2 Å². The lowest BCUT2D eigenvalue weighted by molar-refractivity contribution is -0.118. The van der Waals surface area contributed by atoms with Crippen molar-refractivity contribution in [2.75, 3.05) is 23.1 Å². The molecule has 0 bridgehead atoms. The Morgan fingerprint density at radius 2 is 1.98 bits per heavy atom. The second-order valence-electron chi connectivity index (χ2n) is 10.4. The highest BCUT2D eigenvalue weighted by Gasteiger charge is 2.45. The number of allylic oxidation sites excluding steroid dienone is 3. The van der Waals surface area contributed by atoms with E-state index in [0.29, 0.717) is 39.3 Å². The molecule has 1 aromatic heterocycles. The van der Waals surface area contributed by atoms with Crippen LogP contribution < -0.4 is 20.7 Å². The normalized spacial score (nSPS) is 18.2. The second-order valence-corrected chi connectivity index (χ2v) is 12.6. The van der Waals surface area contributed by atoms with Gasteiger partial charge in [-0.1, -0.05) is 61.2 Å². The Balaban J connectivity index is 1.47. The van der Waals surface area contributed by atoms with Crippen LogP contribution in [0.15, 0.2) is 75.5 Å². The minimum absolute atomic E-state index is 0.0171. The van der Waals surface area contributed by atoms with Crippen LogP contribution in [0.1, 0.15) is 38.2 Å². The number of nitrogens with two attached hydrogens (primary N) is 1. The van der Waals surface area contributed by atoms with Gasteiger partial charge in [-0.2, -0.15) is 5.26 Å². The monoisotopic (exact) mass is 590 g/mol. The lowest BCUT2D eigenvalue weighted by Gasteiger charge is -2.42. The number of rotatable bonds is 7. The minimum Gasteiger partial charge on any atom is -0.497 e. The maximum atomic E-state index is 13.9. The van der Waals surface area contributed by atoms with Crippen molar-refractivity contribution in [3.05, 3.63) is 82.6 Å². The van der Waals surface area contributed by atoms with Gasteiger partial charge in [0.2, 0.25) is 11.0 Å². The number of carbonyl (C=O) groups excluding carboxylic acids is 2. The number of ketones is 1. The Morgan fingerprint density at radius 3 is 2.66 bits per heavy atom. The van der Waals surface area contributed by atoms with Crippen LogP contribution in [0.2, 0.25) is 0 Å². The number of carbonyl (C=O) groups is 2. The Labute approximate surface area is 244 Å². The van der Waals surface area contributed by atoms with Gasteiger partial charge in [0.25, 0.3) is 0 Å². The van der Waals surface area contributed by atoms with E-state index in [-0.39, 0.29) is 34.0 Å². The average molecular weight is 591 g/mol. The summed E-state index contributed by atoms with van der Waals surface area (Å²) in [6.45, 7) is 4.04. The van der Waals surface area contributed by atoms with Crippen molar-refractivity contribution in [3.8, 4) is 11.8 Å². The van der Waals surface area contributed by atoms with E-state index in [0.717, 1.165) is 17.3 Å². The molecule has 0 radical (unpaired) electrons. The van der Waals surface area contributed by atoms with Gasteiger partial charge in [-0.05, 0) is 41.7 Å². The molecule has 0 spiro atoms. The number of benzene rings is 2. The molecule has 1 atom stereocenters. The van der Waals surface area contributed by atoms with E-state index in [1.54, 1.807) is 36.3 Å². The summed E-state index contributed by atoms with van der Waals surface area (Å²) in [5.41, 5.74) is 8.65. The number of anilines is 2. The number of Topliss-reactive ketones (excluding diaryl/α,β-unsaturated/α-hetero) is 1. The van der Waals surface area contributed by atoms with Gasteiger partial charge in [0.15, 0.2) is 10.1 Å². The van der Waals surface area contributed by atoms with Crippen LogP contribution in [0.3, 0.4) is 0 Å². The second kappa shape index (κ2) is 11.3. The fourth-order valence-corrected chi connectivity index (χ4v) is 6.77. The number of methoxy groups -OCH3 is 1. The summed E-state index contributed by atoms with van der Waals surface area (Å²) >= 11 is 2.34. The molecule has 1 unspecified atom stereocenters. The topological polar surface area (TPSA) is 134 Å². The molecule has 1 aliphatic heterocycles. The fourth-order valence-electron chi connectivity index (χ4n) is 5.08. The van der Waals surface area contributed by atoms with Crippen molar-refractivity contribution in [3.63, 3.8) is 0 Å². The number of amides is 1. The number of aromatic nitrogens is 2.